The number of ether oxygens (including phenoxy) is 3. The van der Waals surface area contributed by atoms with Gasteiger partial charge in [-0.1, -0.05) is 18.2 Å². The lowest BCUT2D eigenvalue weighted by Crippen LogP contribution is -2.44. The third kappa shape index (κ3) is 6.07. The van der Waals surface area contributed by atoms with Crippen LogP contribution in [-0.4, -0.2) is 53.5 Å². The molecule has 1 saturated heterocycles. The molecule has 1 fully saturated rings. The molecule has 7 nitrogen and oxygen atoms in total. The molecule has 1 unspecified atom stereocenters. The van der Waals surface area contributed by atoms with E-state index in [0.29, 0.717) is 12.6 Å². The minimum absolute atomic E-state index is 0. The molecular formula is C22H31IN4O3. The number of hydrogen-bond donors (Lipinski definition) is 2. The van der Waals surface area contributed by atoms with Crippen LogP contribution in [0.2, 0.25) is 0 Å². The van der Waals surface area contributed by atoms with Crippen LogP contribution in [0.3, 0.4) is 0 Å². The third-order valence-corrected chi connectivity index (χ3v) is 5.09. The number of hydrogen-bond acceptors (Lipinski definition) is 5. The van der Waals surface area contributed by atoms with Crippen molar-refractivity contribution in [3.05, 3.63) is 48.0 Å². The van der Waals surface area contributed by atoms with Crippen molar-refractivity contribution >= 4 is 35.6 Å². The zero-order valence-electron chi connectivity index (χ0n) is 18.0. The van der Waals surface area contributed by atoms with E-state index in [-0.39, 0.29) is 24.0 Å². The molecule has 0 amide bonds. The second-order valence-electron chi connectivity index (χ2n) is 6.88. The van der Waals surface area contributed by atoms with Gasteiger partial charge in [0.25, 0.3) is 0 Å². The molecule has 0 saturated carbocycles. The summed E-state index contributed by atoms with van der Waals surface area (Å²) < 4.78 is 16.2. The van der Waals surface area contributed by atoms with Crippen molar-refractivity contribution < 1.29 is 14.2 Å². The second kappa shape index (κ2) is 11.7. The van der Waals surface area contributed by atoms with Crippen LogP contribution in [0.1, 0.15) is 12.0 Å². The lowest BCUT2D eigenvalue weighted by atomic mass is 10.2. The summed E-state index contributed by atoms with van der Waals surface area (Å²) in [6.07, 6.45) is 1.02. The van der Waals surface area contributed by atoms with Gasteiger partial charge in [-0.25, -0.2) is 0 Å². The van der Waals surface area contributed by atoms with E-state index in [0.717, 1.165) is 54.0 Å². The lowest BCUT2D eigenvalue weighted by molar-refractivity contribution is 0.394. The first-order valence-electron chi connectivity index (χ1n) is 9.74. The van der Waals surface area contributed by atoms with Gasteiger partial charge >= 0.3 is 0 Å². The van der Waals surface area contributed by atoms with Crippen LogP contribution in [0.15, 0.2) is 47.5 Å². The van der Waals surface area contributed by atoms with Crippen LogP contribution >= 0.6 is 24.0 Å². The van der Waals surface area contributed by atoms with E-state index in [2.05, 4.69) is 20.5 Å². The van der Waals surface area contributed by atoms with Gasteiger partial charge in [0.2, 0.25) is 0 Å². The van der Waals surface area contributed by atoms with Crippen molar-refractivity contribution in [2.24, 2.45) is 4.99 Å². The molecule has 164 valence electrons. The molecule has 8 heteroatoms. The van der Waals surface area contributed by atoms with Gasteiger partial charge in [-0.3, -0.25) is 4.99 Å². The molecule has 1 atom stereocenters. The molecule has 1 aliphatic heterocycles. The standard InChI is InChI=1S/C22H30N4O3.HI/c1-23-22(24-14-16-7-5-6-8-21(16)29-4)25-17-9-10-26(15-17)18-11-19(27-2)13-20(12-18)28-3;/h5-8,11-13,17H,9-10,14-15H2,1-4H3,(H2,23,24,25);1H. The summed E-state index contributed by atoms with van der Waals surface area (Å²) in [4.78, 5) is 6.70. The Morgan fingerprint density at radius 2 is 1.77 bits per heavy atom. The van der Waals surface area contributed by atoms with E-state index in [1.54, 1.807) is 28.4 Å². The summed E-state index contributed by atoms with van der Waals surface area (Å²) >= 11 is 0. The van der Waals surface area contributed by atoms with E-state index in [9.17, 15) is 0 Å². The molecule has 30 heavy (non-hydrogen) atoms. The Kier molecular flexibility index (Phi) is 9.35. The smallest absolute Gasteiger partial charge is 0.191 e. The zero-order chi connectivity index (χ0) is 20.6. The maximum atomic E-state index is 5.42. The van der Waals surface area contributed by atoms with E-state index in [4.69, 9.17) is 14.2 Å². The van der Waals surface area contributed by atoms with E-state index in [1.165, 1.54) is 0 Å². The van der Waals surface area contributed by atoms with Crippen LogP contribution < -0.4 is 29.7 Å². The topological polar surface area (TPSA) is 67.4 Å². The third-order valence-electron chi connectivity index (χ3n) is 5.09. The van der Waals surface area contributed by atoms with Crippen molar-refractivity contribution in [3.63, 3.8) is 0 Å². The predicted octanol–water partition coefficient (Wildman–Crippen LogP) is 3.27. The van der Waals surface area contributed by atoms with Gasteiger partial charge in [0, 0.05) is 62.2 Å². The van der Waals surface area contributed by atoms with Crippen LogP contribution in [0.4, 0.5) is 5.69 Å². The summed E-state index contributed by atoms with van der Waals surface area (Å²) in [5.41, 5.74) is 2.19. The van der Waals surface area contributed by atoms with Crippen molar-refractivity contribution in [2.45, 2.75) is 19.0 Å². The summed E-state index contributed by atoms with van der Waals surface area (Å²) in [6, 6.07) is 14.3. The molecule has 3 rings (SSSR count). The van der Waals surface area contributed by atoms with Gasteiger partial charge < -0.3 is 29.7 Å². The highest BCUT2D eigenvalue weighted by molar-refractivity contribution is 14.0. The Morgan fingerprint density at radius 1 is 1.07 bits per heavy atom. The summed E-state index contributed by atoms with van der Waals surface area (Å²) in [5, 5.41) is 6.90. The molecule has 0 spiro atoms. The van der Waals surface area contributed by atoms with E-state index in [1.807, 2.05) is 42.5 Å². The minimum Gasteiger partial charge on any atom is -0.497 e. The molecule has 2 aromatic rings. The first-order chi connectivity index (χ1) is 14.2. The maximum Gasteiger partial charge on any atom is 0.191 e. The Balaban J connectivity index is 0.00000320. The number of anilines is 1. The van der Waals surface area contributed by atoms with Crippen LogP contribution in [-0.2, 0) is 6.54 Å². The predicted molar refractivity (Wildman–Crippen MR) is 132 cm³/mol. The molecule has 2 N–H and O–H groups in total. The van der Waals surface area contributed by atoms with Gasteiger partial charge in [-0.05, 0) is 12.5 Å². The van der Waals surface area contributed by atoms with E-state index >= 15 is 0 Å². The average Bonchev–Trinajstić information content (AvgIpc) is 3.24. The number of para-hydroxylation sites is 1. The quantitative estimate of drug-likeness (QED) is 0.328. The number of halogens is 1. The normalized spacial score (nSPS) is 15.9. The summed E-state index contributed by atoms with van der Waals surface area (Å²) in [7, 11) is 6.82. The minimum atomic E-state index is 0. The Labute approximate surface area is 195 Å². The first kappa shape index (κ1) is 23.9. The number of nitrogens with zero attached hydrogens (tertiary/aromatic N) is 2. The van der Waals surface area contributed by atoms with Gasteiger partial charge in [-0.2, -0.15) is 0 Å². The largest absolute Gasteiger partial charge is 0.497 e. The van der Waals surface area contributed by atoms with Gasteiger partial charge in [-0.15, -0.1) is 24.0 Å². The monoisotopic (exact) mass is 526 g/mol. The van der Waals surface area contributed by atoms with Gasteiger partial charge in [0.05, 0.1) is 21.3 Å². The fourth-order valence-corrected chi connectivity index (χ4v) is 3.50. The number of rotatable bonds is 7. The first-order valence-corrected chi connectivity index (χ1v) is 9.74. The zero-order valence-corrected chi connectivity index (χ0v) is 20.3. The molecule has 0 aliphatic carbocycles. The molecule has 0 bridgehead atoms. The van der Waals surface area contributed by atoms with Crippen LogP contribution in [0, 0.1) is 0 Å². The number of guanidine groups is 1. The molecule has 0 aromatic heterocycles. The van der Waals surface area contributed by atoms with Crippen LogP contribution in [0.25, 0.3) is 0 Å². The molecular weight excluding hydrogens is 495 g/mol. The highest BCUT2D eigenvalue weighted by Gasteiger charge is 2.24. The summed E-state index contributed by atoms with van der Waals surface area (Å²) in [6.45, 7) is 2.48. The number of aliphatic imine (C=N–C) groups is 1. The second-order valence-corrected chi connectivity index (χ2v) is 6.88. The van der Waals surface area contributed by atoms with Gasteiger partial charge in [0.1, 0.15) is 17.2 Å². The lowest BCUT2D eigenvalue weighted by Gasteiger charge is -2.21. The number of benzene rings is 2. The summed E-state index contributed by atoms with van der Waals surface area (Å²) in [5.74, 6) is 3.25. The molecule has 1 heterocycles. The number of nitrogens with one attached hydrogen (secondary N) is 2. The molecule has 0 radical (unpaired) electrons. The fraction of sp³-hybridized carbons (Fsp3) is 0.409. The Bertz CT molecular complexity index is 825. The van der Waals surface area contributed by atoms with Gasteiger partial charge in [0.15, 0.2) is 5.96 Å². The average molecular weight is 526 g/mol. The SMILES string of the molecule is CN=C(NCc1ccccc1OC)NC1CCN(c2cc(OC)cc(OC)c2)C1.I. The molecule has 2 aromatic carbocycles. The highest BCUT2D eigenvalue weighted by Crippen LogP contribution is 2.30. The Morgan fingerprint density at radius 3 is 2.40 bits per heavy atom. The Hall–Kier alpha value is -2.36. The number of methoxy groups -OCH3 is 3. The van der Waals surface area contributed by atoms with Crippen molar-refractivity contribution in [3.8, 4) is 17.2 Å². The van der Waals surface area contributed by atoms with Crippen molar-refractivity contribution in [1.29, 1.82) is 0 Å². The molecule has 1 aliphatic rings. The van der Waals surface area contributed by atoms with Crippen molar-refractivity contribution in [1.82, 2.24) is 10.6 Å². The highest BCUT2D eigenvalue weighted by atomic mass is 127. The fourth-order valence-electron chi connectivity index (χ4n) is 3.50. The van der Waals surface area contributed by atoms with E-state index < -0.39 is 0 Å². The van der Waals surface area contributed by atoms with Crippen LogP contribution in [0.5, 0.6) is 17.2 Å². The maximum absolute atomic E-state index is 5.42. The van der Waals surface area contributed by atoms with Crippen molar-refractivity contribution in [2.75, 3.05) is 46.4 Å².